The Labute approximate surface area is 173 Å². The minimum atomic E-state index is -7.36. The van der Waals surface area contributed by atoms with Crippen LogP contribution in [0.25, 0.3) is 0 Å². The van der Waals surface area contributed by atoms with Gasteiger partial charge in [0.2, 0.25) is 5.72 Å². The summed E-state index contributed by atoms with van der Waals surface area (Å²) < 4.78 is 127. The topological polar surface area (TPSA) is 87.7 Å². The third-order valence-electron chi connectivity index (χ3n) is 4.70. The first-order valence-electron chi connectivity index (χ1n) is 8.68. The molecule has 0 aromatic heterocycles. The van der Waals surface area contributed by atoms with Gasteiger partial charge in [-0.1, -0.05) is 30.3 Å². The highest BCUT2D eigenvalue weighted by atomic mass is 19.4. The Hall–Kier alpha value is -2.71. The number of carbonyl (C=O) groups excluding carboxylic acids is 2. The van der Waals surface area contributed by atoms with Crippen LogP contribution in [0.3, 0.4) is 0 Å². The second-order valence-electron chi connectivity index (χ2n) is 6.70. The predicted molar refractivity (Wildman–Crippen MR) is 86.8 cm³/mol. The van der Waals surface area contributed by atoms with Gasteiger partial charge in [0, 0.05) is 0 Å². The number of halogens is 9. The SMILES string of the molecule is CCOC(=O)[C@H]1[C@H](c2ccccc2)NC(=O)N[C@]1(O)C(F)(F)C(F)(F)C(F)(F)C(F)(F)F. The predicted octanol–water partition coefficient (Wildman–Crippen LogP) is 3.38. The van der Waals surface area contributed by atoms with Crippen LogP contribution in [0.15, 0.2) is 30.3 Å². The molecule has 0 radical (unpaired) electrons. The number of rotatable bonds is 6. The number of ether oxygens (including phenoxy) is 1. The summed E-state index contributed by atoms with van der Waals surface area (Å²) in [6.45, 7) is 0.551. The number of hydrogen-bond acceptors (Lipinski definition) is 4. The van der Waals surface area contributed by atoms with Crippen LogP contribution in [0.5, 0.6) is 0 Å². The van der Waals surface area contributed by atoms with Crippen LogP contribution in [0.2, 0.25) is 0 Å². The van der Waals surface area contributed by atoms with Crippen molar-refractivity contribution in [2.45, 2.75) is 42.6 Å². The third kappa shape index (κ3) is 3.71. The summed E-state index contributed by atoms with van der Waals surface area (Å²) in [7, 11) is 0. The number of urea groups is 1. The lowest BCUT2D eigenvalue weighted by Gasteiger charge is -2.49. The zero-order valence-corrected chi connectivity index (χ0v) is 15.8. The quantitative estimate of drug-likeness (QED) is 0.429. The van der Waals surface area contributed by atoms with Crippen molar-refractivity contribution in [3.05, 3.63) is 35.9 Å². The second-order valence-corrected chi connectivity index (χ2v) is 6.70. The maximum Gasteiger partial charge on any atom is 0.460 e. The van der Waals surface area contributed by atoms with Crippen molar-refractivity contribution < 1.29 is 58.9 Å². The number of hydrogen-bond donors (Lipinski definition) is 3. The zero-order chi connectivity index (χ0) is 24.8. The van der Waals surface area contributed by atoms with Gasteiger partial charge in [-0.05, 0) is 12.5 Å². The van der Waals surface area contributed by atoms with E-state index in [1.165, 1.54) is 18.2 Å². The summed E-state index contributed by atoms with van der Waals surface area (Å²) >= 11 is 0. The molecule has 0 saturated carbocycles. The molecule has 0 unspecified atom stereocenters. The third-order valence-corrected chi connectivity index (χ3v) is 4.70. The maximum absolute atomic E-state index is 14.8. The van der Waals surface area contributed by atoms with Gasteiger partial charge < -0.3 is 20.5 Å². The van der Waals surface area contributed by atoms with E-state index in [4.69, 9.17) is 0 Å². The van der Waals surface area contributed by atoms with E-state index in [1.54, 1.807) is 0 Å². The molecule has 6 nitrogen and oxygen atoms in total. The molecule has 32 heavy (non-hydrogen) atoms. The first-order chi connectivity index (χ1) is 14.5. The first kappa shape index (κ1) is 25.5. The number of nitrogens with one attached hydrogen (secondary N) is 2. The first-order valence-corrected chi connectivity index (χ1v) is 8.68. The fourth-order valence-corrected chi connectivity index (χ4v) is 3.12. The van der Waals surface area contributed by atoms with Crippen molar-refractivity contribution >= 4 is 12.0 Å². The number of alkyl halides is 9. The Bertz CT molecular complexity index is 863. The van der Waals surface area contributed by atoms with Gasteiger partial charge in [0.15, 0.2) is 0 Å². The van der Waals surface area contributed by atoms with Gasteiger partial charge >= 0.3 is 35.9 Å². The Morgan fingerprint density at radius 1 is 1.03 bits per heavy atom. The molecule has 1 aliphatic heterocycles. The van der Waals surface area contributed by atoms with Crippen LogP contribution in [0, 0.1) is 5.92 Å². The van der Waals surface area contributed by atoms with Gasteiger partial charge in [0.25, 0.3) is 0 Å². The van der Waals surface area contributed by atoms with Crippen molar-refractivity contribution in [1.82, 2.24) is 10.6 Å². The van der Waals surface area contributed by atoms with Crippen LogP contribution in [0.4, 0.5) is 44.3 Å². The Kier molecular flexibility index (Phi) is 6.39. The van der Waals surface area contributed by atoms with E-state index in [1.807, 2.05) is 5.32 Å². The molecule has 180 valence electrons. The number of esters is 1. The summed E-state index contributed by atoms with van der Waals surface area (Å²) in [5.74, 6) is -26.3. The Morgan fingerprint density at radius 2 is 1.56 bits per heavy atom. The summed E-state index contributed by atoms with van der Waals surface area (Å²) in [5.41, 5.74) is -5.18. The minimum Gasteiger partial charge on any atom is -0.466 e. The van der Waals surface area contributed by atoms with Gasteiger partial charge in [0.05, 0.1) is 12.6 Å². The van der Waals surface area contributed by atoms with E-state index in [2.05, 4.69) is 4.74 Å². The van der Waals surface area contributed by atoms with Gasteiger partial charge in [0.1, 0.15) is 5.92 Å². The molecule has 1 heterocycles. The van der Waals surface area contributed by atoms with E-state index in [-0.39, 0.29) is 5.56 Å². The summed E-state index contributed by atoms with van der Waals surface area (Å²) in [4.78, 5) is 24.2. The molecular weight excluding hydrogens is 467 g/mol. The standard InChI is InChI=1S/C17H15F9N2O4/c1-2-32-11(29)9-10(8-6-4-3-5-7-8)27-12(30)28-13(9,31)14(18,19)15(20,21)16(22,23)17(24,25)26/h3-7,9-10,31H,2H2,1H3,(H2,27,28,30)/t9-,10+,13-/m1/s1. The van der Waals surface area contributed by atoms with E-state index in [0.717, 1.165) is 24.4 Å². The van der Waals surface area contributed by atoms with Crippen molar-refractivity contribution in [3.8, 4) is 0 Å². The molecule has 1 aromatic carbocycles. The Morgan fingerprint density at radius 3 is 2.03 bits per heavy atom. The summed E-state index contributed by atoms with van der Waals surface area (Å²) in [6, 6.07) is 2.12. The zero-order valence-electron chi connectivity index (χ0n) is 15.8. The van der Waals surface area contributed by atoms with Crippen LogP contribution >= 0.6 is 0 Å². The minimum absolute atomic E-state index is 0.250. The second kappa shape index (κ2) is 8.01. The van der Waals surface area contributed by atoms with Gasteiger partial charge in [-0.15, -0.1) is 0 Å². The fourth-order valence-electron chi connectivity index (χ4n) is 3.12. The molecule has 1 fully saturated rings. The lowest BCUT2D eigenvalue weighted by molar-refractivity contribution is -0.423. The van der Waals surface area contributed by atoms with Crippen molar-refractivity contribution in [2.24, 2.45) is 5.92 Å². The molecule has 15 heteroatoms. The normalized spacial score (nSPS) is 25.0. The molecule has 1 aromatic rings. The maximum atomic E-state index is 14.8. The fraction of sp³-hybridized carbons (Fsp3) is 0.529. The van der Waals surface area contributed by atoms with Crippen LogP contribution in [-0.4, -0.2) is 53.4 Å². The van der Waals surface area contributed by atoms with Crippen molar-refractivity contribution in [3.63, 3.8) is 0 Å². The lowest BCUT2D eigenvalue weighted by Crippen LogP contribution is -2.80. The number of aliphatic hydroxyl groups is 1. The smallest absolute Gasteiger partial charge is 0.460 e. The van der Waals surface area contributed by atoms with E-state index in [9.17, 15) is 54.2 Å². The van der Waals surface area contributed by atoms with Crippen molar-refractivity contribution in [1.29, 1.82) is 0 Å². The van der Waals surface area contributed by atoms with Crippen LogP contribution < -0.4 is 10.6 Å². The van der Waals surface area contributed by atoms with E-state index in [0.29, 0.717) is 0 Å². The van der Waals surface area contributed by atoms with Crippen LogP contribution in [0.1, 0.15) is 18.5 Å². The lowest BCUT2D eigenvalue weighted by atomic mass is 9.76. The molecule has 0 spiro atoms. The van der Waals surface area contributed by atoms with E-state index >= 15 is 0 Å². The highest BCUT2D eigenvalue weighted by Gasteiger charge is 2.88. The van der Waals surface area contributed by atoms with Gasteiger partial charge in [-0.2, -0.15) is 39.5 Å². The van der Waals surface area contributed by atoms with Crippen molar-refractivity contribution in [2.75, 3.05) is 6.61 Å². The largest absolute Gasteiger partial charge is 0.466 e. The molecular formula is C17H15F9N2O4. The number of benzene rings is 1. The number of amides is 2. The molecule has 2 rings (SSSR count). The molecule has 3 atom stereocenters. The molecule has 0 aliphatic carbocycles. The van der Waals surface area contributed by atoms with Crippen LogP contribution in [-0.2, 0) is 9.53 Å². The highest BCUT2D eigenvalue weighted by Crippen LogP contribution is 2.58. The van der Waals surface area contributed by atoms with E-state index < -0.39 is 60.2 Å². The molecule has 2 amide bonds. The average molecular weight is 482 g/mol. The molecule has 3 N–H and O–H groups in total. The number of carbonyl (C=O) groups is 2. The monoisotopic (exact) mass is 482 g/mol. The van der Waals surface area contributed by atoms with Gasteiger partial charge in [-0.3, -0.25) is 4.79 Å². The highest BCUT2D eigenvalue weighted by molar-refractivity contribution is 5.83. The molecule has 1 aliphatic rings. The summed E-state index contributed by atoms with van der Waals surface area (Å²) in [5, 5.41) is 13.1. The molecule has 1 saturated heterocycles. The molecule has 0 bridgehead atoms. The van der Waals surface area contributed by atoms with Gasteiger partial charge in [-0.25, -0.2) is 4.79 Å². The average Bonchev–Trinajstić information content (AvgIpc) is 2.66. The summed E-state index contributed by atoms with van der Waals surface area (Å²) in [6.07, 6.45) is -7.18. The Balaban J connectivity index is 2.75.